The highest BCUT2D eigenvalue weighted by Gasteiger charge is 2.24. The summed E-state index contributed by atoms with van der Waals surface area (Å²) in [4.78, 5) is 11.6. The van der Waals surface area contributed by atoms with Crippen LogP contribution in [0.25, 0.3) is 0 Å². The second-order valence-electron chi connectivity index (χ2n) is 5.41. The molecular formula is C14H27NO2. The Bertz CT molecular complexity index is 230. The fourth-order valence-electron chi connectivity index (χ4n) is 2.67. The Morgan fingerprint density at radius 2 is 2.24 bits per heavy atom. The Balaban J connectivity index is 2.30. The van der Waals surface area contributed by atoms with Gasteiger partial charge in [0, 0.05) is 0 Å². The minimum Gasteiger partial charge on any atom is -0.468 e. The smallest absolute Gasteiger partial charge is 0.322 e. The number of ether oxygens (including phenoxy) is 1. The molecule has 3 atom stereocenters. The molecule has 0 aromatic heterocycles. The lowest BCUT2D eigenvalue weighted by atomic mass is 10.0. The Morgan fingerprint density at radius 1 is 1.47 bits per heavy atom. The van der Waals surface area contributed by atoms with Crippen molar-refractivity contribution in [1.82, 2.24) is 5.32 Å². The molecule has 3 heteroatoms. The van der Waals surface area contributed by atoms with Gasteiger partial charge in [0.05, 0.1) is 7.11 Å². The maximum absolute atomic E-state index is 11.6. The molecule has 1 N–H and O–H groups in total. The third-order valence-electron chi connectivity index (χ3n) is 3.79. The van der Waals surface area contributed by atoms with Crippen LogP contribution in [-0.2, 0) is 9.53 Å². The van der Waals surface area contributed by atoms with Gasteiger partial charge in [-0.2, -0.15) is 0 Å². The molecule has 1 rings (SSSR count). The fraction of sp³-hybridized carbons (Fsp3) is 0.929. The van der Waals surface area contributed by atoms with Crippen LogP contribution in [0.5, 0.6) is 0 Å². The molecule has 0 saturated heterocycles. The van der Waals surface area contributed by atoms with E-state index in [2.05, 4.69) is 19.2 Å². The minimum atomic E-state index is -0.107. The number of esters is 1. The molecule has 1 aliphatic carbocycles. The third-order valence-corrected chi connectivity index (χ3v) is 3.79. The van der Waals surface area contributed by atoms with Crippen LogP contribution in [0.3, 0.4) is 0 Å². The molecule has 0 bridgehead atoms. The maximum Gasteiger partial charge on any atom is 0.322 e. The number of unbranched alkanes of at least 4 members (excludes halogenated alkanes) is 1. The average Bonchev–Trinajstić information content (AvgIpc) is 2.74. The molecule has 0 aromatic carbocycles. The van der Waals surface area contributed by atoms with E-state index < -0.39 is 0 Å². The van der Waals surface area contributed by atoms with E-state index >= 15 is 0 Å². The molecule has 17 heavy (non-hydrogen) atoms. The first-order chi connectivity index (χ1) is 8.17. The van der Waals surface area contributed by atoms with E-state index in [4.69, 9.17) is 4.74 Å². The van der Waals surface area contributed by atoms with Crippen LogP contribution in [0.1, 0.15) is 52.4 Å². The van der Waals surface area contributed by atoms with Gasteiger partial charge in [0.1, 0.15) is 6.04 Å². The van der Waals surface area contributed by atoms with Crippen molar-refractivity contribution in [3.63, 3.8) is 0 Å². The third kappa shape index (κ3) is 5.07. The van der Waals surface area contributed by atoms with Crippen molar-refractivity contribution in [2.75, 3.05) is 13.7 Å². The maximum atomic E-state index is 11.6. The van der Waals surface area contributed by atoms with Crippen molar-refractivity contribution >= 4 is 5.97 Å². The van der Waals surface area contributed by atoms with Gasteiger partial charge < -0.3 is 10.1 Å². The van der Waals surface area contributed by atoms with E-state index in [0.717, 1.165) is 37.6 Å². The zero-order chi connectivity index (χ0) is 12.7. The van der Waals surface area contributed by atoms with Gasteiger partial charge in [0.15, 0.2) is 0 Å². The highest BCUT2D eigenvalue weighted by Crippen LogP contribution is 2.29. The van der Waals surface area contributed by atoms with E-state index in [1.165, 1.54) is 26.4 Å². The van der Waals surface area contributed by atoms with E-state index in [0.29, 0.717) is 0 Å². The van der Waals surface area contributed by atoms with Crippen molar-refractivity contribution in [3.8, 4) is 0 Å². The Kier molecular flexibility index (Phi) is 6.56. The summed E-state index contributed by atoms with van der Waals surface area (Å²) >= 11 is 0. The summed E-state index contributed by atoms with van der Waals surface area (Å²) in [7, 11) is 1.47. The number of carbonyl (C=O) groups excluding carboxylic acids is 1. The van der Waals surface area contributed by atoms with Crippen LogP contribution >= 0.6 is 0 Å². The van der Waals surface area contributed by atoms with Gasteiger partial charge >= 0.3 is 5.97 Å². The van der Waals surface area contributed by atoms with Gasteiger partial charge in [-0.05, 0) is 37.6 Å². The molecule has 1 fully saturated rings. The van der Waals surface area contributed by atoms with E-state index in [-0.39, 0.29) is 12.0 Å². The average molecular weight is 241 g/mol. The predicted molar refractivity (Wildman–Crippen MR) is 69.8 cm³/mol. The number of nitrogens with one attached hydrogen (secondary N) is 1. The van der Waals surface area contributed by atoms with Crippen LogP contribution in [0.15, 0.2) is 0 Å². The fourth-order valence-corrected chi connectivity index (χ4v) is 2.67. The summed E-state index contributed by atoms with van der Waals surface area (Å²) < 4.78 is 4.84. The van der Waals surface area contributed by atoms with Crippen LogP contribution in [0.4, 0.5) is 0 Å². The minimum absolute atomic E-state index is 0.101. The molecule has 0 heterocycles. The van der Waals surface area contributed by atoms with Crippen molar-refractivity contribution in [2.24, 2.45) is 11.8 Å². The first kappa shape index (κ1) is 14.5. The van der Waals surface area contributed by atoms with Crippen molar-refractivity contribution < 1.29 is 9.53 Å². The monoisotopic (exact) mass is 241 g/mol. The Morgan fingerprint density at radius 3 is 2.76 bits per heavy atom. The van der Waals surface area contributed by atoms with E-state index in [9.17, 15) is 4.79 Å². The van der Waals surface area contributed by atoms with Crippen molar-refractivity contribution in [2.45, 2.75) is 58.4 Å². The summed E-state index contributed by atoms with van der Waals surface area (Å²) in [6.45, 7) is 5.43. The van der Waals surface area contributed by atoms with Crippen LogP contribution in [-0.4, -0.2) is 25.7 Å². The molecule has 100 valence electrons. The summed E-state index contributed by atoms with van der Waals surface area (Å²) in [5.74, 6) is 1.50. The summed E-state index contributed by atoms with van der Waals surface area (Å²) in [6, 6.07) is -0.101. The molecule has 0 aliphatic heterocycles. The highest BCUT2D eigenvalue weighted by molar-refractivity contribution is 5.75. The Hall–Kier alpha value is -0.570. The van der Waals surface area contributed by atoms with E-state index in [1.54, 1.807) is 0 Å². The van der Waals surface area contributed by atoms with Gasteiger partial charge in [-0.1, -0.05) is 33.1 Å². The molecule has 0 aromatic rings. The van der Waals surface area contributed by atoms with Gasteiger partial charge in [-0.15, -0.1) is 0 Å². The van der Waals surface area contributed by atoms with Gasteiger partial charge in [0.2, 0.25) is 0 Å². The van der Waals surface area contributed by atoms with Gasteiger partial charge in [0.25, 0.3) is 0 Å². The Labute approximate surface area is 105 Å². The molecule has 1 aliphatic rings. The lowest BCUT2D eigenvalue weighted by molar-refractivity contribution is -0.143. The molecule has 3 unspecified atom stereocenters. The first-order valence-electron chi connectivity index (χ1n) is 6.98. The largest absolute Gasteiger partial charge is 0.468 e. The zero-order valence-electron chi connectivity index (χ0n) is 11.5. The van der Waals surface area contributed by atoms with Gasteiger partial charge in [-0.25, -0.2) is 0 Å². The molecule has 3 nitrogen and oxygen atoms in total. The van der Waals surface area contributed by atoms with Crippen LogP contribution in [0.2, 0.25) is 0 Å². The van der Waals surface area contributed by atoms with Crippen LogP contribution in [0, 0.1) is 11.8 Å². The summed E-state index contributed by atoms with van der Waals surface area (Å²) in [6.07, 6.45) is 7.03. The topological polar surface area (TPSA) is 38.3 Å². The number of methoxy groups -OCH3 is 1. The standard InChI is InChI=1S/C14H27NO2/c1-4-5-6-13(14(16)17-3)15-10-12-8-7-11(2)9-12/h11-13,15H,4-10H2,1-3H3. The highest BCUT2D eigenvalue weighted by atomic mass is 16.5. The molecule has 1 saturated carbocycles. The lowest BCUT2D eigenvalue weighted by Gasteiger charge is -2.18. The van der Waals surface area contributed by atoms with Crippen molar-refractivity contribution in [3.05, 3.63) is 0 Å². The molecular weight excluding hydrogens is 214 g/mol. The number of hydrogen-bond acceptors (Lipinski definition) is 3. The number of rotatable bonds is 7. The molecule has 0 radical (unpaired) electrons. The lowest BCUT2D eigenvalue weighted by Crippen LogP contribution is -2.39. The second kappa shape index (κ2) is 7.70. The molecule has 0 spiro atoms. The quantitative estimate of drug-likeness (QED) is 0.697. The SMILES string of the molecule is CCCCC(NCC1CCC(C)C1)C(=O)OC. The van der Waals surface area contributed by atoms with E-state index in [1.807, 2.05) is 0 Å². The predicted octanol–water partition coefficient (Wildman–Crippen LogP) is 2.74. The molecule has 0 amide bonds. The van der Waals surface area contributed by atoms with Gasteiger partial charge in [-0.3, -0.25) is 4.79 Å². The number of carbonyl (C=O) groups is 1. The first-order valence-corrected chi connectivity index (χ1v) is 6.98. The zero-order valence-corrected chi connectivity index (χ0v) is 11.5. The summed E-state index contributed by atoms with van der Waals surface area (Å²) in [5, 5.41) is 3.39. The second-order valence-corrected chi connectivity index (χ2v) is 5.41. The van der Waals surface area contributed by atoms with Crippen LogP contribution < -0.4 is 5.32 Å². The summed E-state index contributed by atoms with van der Waals surface area (Å²) in [5.41, 5.74) is 0. The normalized spacial score (nSPS) is 25.8. The van der Waals surface area contributed by atoms with Crippen molar-refractivity contribution in [1.29, 1.82) is 0 Å². The number of hydrogen-bond donors (Lipinski definition) is 1.